The standard InChI is InChI=1S/C30H31F3NO/c1-2-3-4-5-6-21-35-29-19-15-25(16-20-29)8-7-24-9-11-26(12-10-24)22-34-23-27-13-17-28(18-14-27)30(31,32)33/h9-20H,2-6,21-23H2,1H3. The molecular formula is C30H31F3NO. The molecule has 1 radical (unpaired) electrons. The van der Waals surface area contributed by atoms with Crippen LogP contribution in [0.2, 0.25) is 0 Å². The fourth-order valence-electron chi connectivity index (χ4n) is 3.48. The summed E-state index contributed by atoms with van der Waals surface area (Å²) in [5.41, 5.74) is 2.97. The third-order valence-electron chi connectivity index (χ3n) is 5.55. The molecule has 0 aromatic heterocycles. The maximum absolute atomic E-state index is 12.6. The van der Waals surface area contributed by atoms with Crippen LogP contribution in [0, 0.1) is 11.8 Å². The van der Waals surface area contributed by atoms with E-state index in [0.717, 1.165) is 53.2 Å². The molecule has 3 aromatic rings. The molecule has 0 atom stereocenters. The fraction of sp³-hybridized carbons (Fsp3) is 0.333. The van der Waals surface area contributed by atoms with E-state index >= 15 is 0 Å². The van der Waals surface area contributed by atoms with E-state index in [1.807, 2.05) is 48.5 Å². The third-order valence-corrected chi connectivity index (χ3v) is 5.55. The Labute approximate surface area is 206 Å². The van der Waals surface area contributed by atoms with Gasteiger partial charge in [0.05, 0.1) is 12.2 Å². The molecule has 35 heavy (non-hydrogen) atoms. The molecule has 0 fully saturated rings. The highest BCUT2D eigenvalue weighted by molar-refractivity contribution is 5.44. The highest BCUT2D eigenvalue weighted by Gasteiger charge is 2.29. The summed E-state index contributed by atoms with van der Waals surface area (Å²) in [6.07, 6.45) is 1.79. The van der Waals surface area contributed by atoms with Gasteiger partial charge in [0.15, 0.2) is 0 Å². The van der Waals surface area contributed by atoms with Crippen LogP contribution in [0.4, 0.5) is 13.2 Å². The van der Waals surface area contributed by atoms with Crippen molar-refractivity contribution >= 4 is 0 Å². The first kappa shape index (κ1) is 26.4. The number of rotatable bonds is 11. The molecule has 0 aliphatic heterocycles. The van der Waals surface area contributed by atoms with Crippen molar-refractivity contribution in [1.82, 2.24) is 5.32 Å². The average molecular weight is 479 g/mol. The zero-order valence-electron chi connectivity index (χ0n) is 20.1. The van der Waals surface area contributed by atoms with Crippen LogP contribution in [0.3, 0.4) is 0 Å². The van der Waals surface area contributed by atoms with Crippen LogP contribution in [0.5, 0.6) is 5.75 Å². The van der Waals surface area contributed by atoms with Crippen molar-refractivity contribution in [2.24, 2.45) is 0 Å². The molecule has 0 N–H and O–H groups in total. The largest absolute Gasteiger partial charge is 0.494 e. The monoisotopic (exact) mass is 478 g/mol. The molecule has 0 amide bonds. The molecule has 0 aliphatic rings. The van der Waals surface area contributed by atoms with Gasteiger partial charge in [0, 0.05) is 24.2 Å². The van der Waals surface area contributed by atoms with Crippen molar-refractivity contribution in [2.75, 3.05) is 6.61 Å². The molecule has 183 valence electrons. The van der Waals surface area contributed by atoms with Gasteiger partial charge < -0.3 is 4.74 Å². The minimum absolute atomic E-state index is 0.373. The lowest BCUT2D eigenvalue weighted by Gasteiger charge is -2.08. The first-order valence-electron chi connectivity index (χ1n) is 12.1. The van der Waals surface area contributed by atoms with Gasteiger partial charge in [-0.2, -0.15) is 13.2 Å². The maximum atomic E-state index is 12.6. The number of nitrogens with zero attached hydrogens (tertiary/aromatic N) is 1. The average Bonchev–Trinajstić information content (AvgIpc) is 2.86. The van der Waals surface area contributed by atoms with Crippen molar-refractivity contribution in [2.45, 2.75) is 58.3 Å². The number of halogens is 3. The Morgan fingerprint density at radius 1 is 0.686 bits per heavy atom. The van der Waals surface area contributed by atoms with Gasteiger partial charge >= 0.3 is 6.18 Å². The van der Waals surface area contributed by atoms with Gasteiger partial charge in [-0.1, -0.05) is 68.7 Å². The predicted octanol–water partition coefficient (Wildman–Crippen LogP) is 7.76. The van der Waals surface area contributed by atoms with Crippen molar-refractivity contribution in [3.63, 3.8) is 0 Å². The zero-order valence-corrected chi connectivity index (χ0v) is 20.1. The van der Waals surface area contributed by atoms with Gasteiger partial charge in [-0.25, -0.2) is 5.32 Å². The Kier molecular flexibility index (Phi) is 10.3. The van der Waals surface area contributed by atoms with Crippen LogP contribution >= 0.6 is 0 Å². The summed E-state index contributed by atoms with van der Waals surface area (Å²) < 4.78 is 43.7. The van der Waals surface area contributed by atoms with Gasteiger partial charge in [0.2, 0.25) is 0 Å². The van der Waals surface area contributed by atoms with Crippen molar-refractivity contribution in [3.8, 4) is 17.6 Å². The second-order valence-corrected chi connectivity index (χ2v) is 8.47. The molecule has 0 unspecified atom stereocenters. The molecule has 0 aliphatic carbocycles. The van der Waals surface area contributed by atoms with Crippen molar-refractivity contribution in [3.05, 3.63) is 101 Å². The highest BCUT2D eigenvalue weighted by atomic mass is 19.4. The molecule has 2 nitrogen and oxygen atoms in total. The fourth-order valence-corrected chi connectivity index (χ4v) is 3.48. The van der Waals surface area contributed by atoms with E-state index in [4.69, 9.17) is 4.74 Å². The van der Waals surface area contributed by atoms with E-state index in [2.05, 4.69) is 24.1 Å². The Bertz CT molecular complexity index is 1080. The van der Waals surface area contributed by atoms with Crippen LogP contribution < -0.4 is 10.1 Å². The second-order valence-electron chi connectivity index (χ2n) is 8.47. The first-order valence-corrected chi connectivity index (χ1v) is 12.1. The first-order chi connectivity index (χ1) is 16.9. The van der Waals surface area contributed by atoms with Gasteiger partial charge in [0.25, 0.3) is 0 Å². The van der Waals surface area contributed by atoms with Gasteiger partial charge in [-0.15, -0.1) is 0 Å². The smallest absolute Gasteiger partial charge is 0.416 e. The van der Waals surface area contributed by atoms with Crippen LogP contribution in [0.15, 0.2) is 72.8 Å². The maximum Gasteiger partial charge on any atom is 0.416 e. The molecule has 0 heterocycles. The second kappa shape index (κ2) is 13.6. The third kappa shape index (κ3) is 9.50. The molecule has 0 saturated heterocycles. The Hall–Kier alpha value is -3.23. The van der Waals surface area contributed by atoms with E-state index in [9.17, 15) is 13.2 Å². The SMILES string of the molecule is CCCCCCCOc1ccc(C#Cc2ccc(C[N]Cc3ccc(C(F)(F)F)cc3)cc2)cc1. The molecule has 0 bridgehead atoms. The minimum atomic E-state index is -4.31. The normalized spacial score (nSPS) is 11.1. The topological polar surface area (TPSA) is 23.3 Å². The molecule has 3 aromatic carbocycles. The number of hydrogen-bond donors (Lipinski definition) is 0. The van der Waals surface area contributed by atoms with Crippen LogP contribution in [0.25, 0.3) is 0 Å². The molecule has 0 spiro atoms. The quantitative estimate of drug-likeness (QED) is 0.204. The van der Waals surface area contributed by atoms with Gasteiger partial charge in [-0.3, -0.25) is 0 Å². The van der Waals surface area contributed by atoms with Crippen LogP contribution in [-0.4, -0.2) is 6.61 Å². The Morgan fingerprint density at radius 3 is 1.74 bits per heavy atom. The van der Waals surface area contributed by atoms with E-state index in [0.29, 0.717) is 13.1 Å². The molecule has 0 saturated carbocycles. The lowest BCUT2D eigenvalue weighted by Crippen LogP contribution is -2.07. The summed E-state index contributed by atoms with van der Waals surface area (Å²) in [6.45, 7) is 3.83. The summed E-state index contributed by atoms with van der Waals surface area (Å²) >= 11 is 0. The Morgan fingerprint density at radius 2 is 1.20 bits per heavy atom. The lowest BCUT2D eigenvalue weighted by atomic mass is 10.1. The summed E-state index contributed by atoms with van der Waals surface area (Å²) in [7, 11) is 0. The van der Waals surface area contributed by atoms with E-state index < -0.39 is 11.7 Å². The number of benzene rings is 3. The van der Waals surface area contributed by atoms with E-state index in [1.54, 1.807) is 0 Å². The van der Waals surface area contributed by atoms with Gasteiger partial charge in [-0.05, 0) is 66.1 Å². The number of ether oxygens (including phenoxy) is 1. The summed E-state index contributed by atoms with van der Waals surface area (Å²) in [4.78, 5) is 0. The summed E-state index contributed by atoms with van der Waals surface area (Å²) in [5.74, 6) is 7.21. The molecular weight excluding hydrogens is 447 g/mol. The van der Waals surface area contributed by atoms with Crippen LogP contribution in [0.1, 0.15) is 66.8 Å². The van der Waals surface area contributed by atoms with Crippen molar-refractivity contribution in [1.29, 1.82) is 0 Å². The van der Waals surface area contributed by atoms with Gasteiger partial charge in [0.1, 0.15) is 5.75 Å². The van der Waals surface area contributed by atoms with E-state index in [1.165, 1.54) is 37.8 Å². The van der Waals surface area contributed by atoms with Crippen molar-refractivity contribution < 1.29 is 17.9 Å². The van der Waals surface area contributed by atoms with Crippen LogP contribution in [-0.2, 0) is 19.3 Å². The predicted molar refractivity (Wildman–Crippen MR) is 134 cm³/mol. The summed E-state index contributed by atoms with van der Waals surface area (Å²) in [6, 6.07) is 20.8. The Balaban J connectivity index is 1.41. The highest BCUT2D eigenvalue weighted by Crippen LogP contribution is 2.29. The summed E-state index contributed by atoms with van der Waals surface area (Å²) in [5, 5.41) is 4.45. The minimum Gasteiger partial charge on any atom is -0.494 e. The zero-order chi connectivity index (χ0) is 24.9. The number of hydrogen-bond acceptors (Lipinski definition) is 1. The molecule has 3 rings (SSSR count). The lowest BCUT2D eigenvalue weighted by molar-refractivity contribution is -0.137. The number of alkyl halides is 3. The number of unbranched alkanes of at least 4 members (excludes halogenated alkanes) is 4. The molecule has 5 heteroatoms. The van der Waals surface area contributed by atoms with E-state index in [-0.39, 0.29) is 0 Å².